The number of piperazine rings is 1. The van der Waals surface area contributed by atoms with Gasteiger partial charge in [0, 0.05) is 38.8 Å². The largest absolute Gasteiger partial charge is 0.337 e. The number of hydrogen-bond acceptors (Lipinski definition) is 3. The van der Waals surface area contributed by atoms with Gasteiger partial charge in [-0.3, -0.25) is 9.59 Å². The number of nitrogens with zero attached hydrogens (tertiary/aromatic N) is 2. The van der Waals surface area contributed by atoms with Gasteiger partial charge in [-0.2, -0.15) is 0 Å². The molecule has 2 atom stereocenters. The van der Waals surface area contributed by atoms with Crippen molar-refractivity contribution < 1.29 is 9.59 Å². The highest BCUT2D eigenvalue weighted by atomic mass is 35.5. The summed E-state index contributed by atoms with van der Waals surface area (Å²) in [6, 6.07) is 7.94. The minimum Gasteiger partial charge on any atom is -0.337 e. The van der Waals surface area contributed by atoms with Crippen molar-refractivity contribution in [2.24, 2.45) is 0 Å². The van der Waals surface area contributed by atoms with Crippen LogP contribution in [0.4, 0.5) is 0 Å². The summed E-state index contributed by atoms with van der Waals surface area (Å²) in [5.74, 6) is 0.0715. The molecule has 0 spiro atoms. The third kappa shape index (κ3) is 3.62. The van der Waals surface area contributed by atoms with Crippen molar-refractivity contribution in [3.8, 4) is 0 Å². The van der Waals surface area contributed by atoms with E-state index in [-0.39, 0.29) is 36.3 Å². The molecule has 1 saturated heterocycles. The molecule has 0 aromatic heterocycles. The average Bonchev–Trinajstić information content (AvgIpc) is 2.55. The van der Waals surface area contributed by atoms with Crippen molar-refractivity contribution in [2.45, 2.75) is 32.4 Å². The third-order valence-corrected chi connectivity index (χ3v) is 4.66. The maximum Gasteiger partial charge on any atom is 0.225 e. The molecule has 0 radical (unpaired) electrons. The zero-order chi connectivity index (χ0) is 16.4. The van der Waals surface area contributed by atoms with E-state index in [0.717, 1.165) is 30.8 Å². The van der Waals surface area contributed by atoms with Crippen molar-refractivity contribution in [1.29, 1.82) is 0 Å². The lowest BCUT2D eigenvalue weighted by Gasteiger charge is -2.37. The number of hydrogen-bond donors (Lipinski definition) is 1. The summed E-state index contributed by atoms with van der Waals surface area (Å²) in [4.78, 5) is 28.4. The van der Waals surface area contributed by atoms with Gasteiger partial charge < -0.3 is 15.1 Å². The van der Waals surface area contributed by atoms with Crippen LogP contribution in [0.15, 0.2) is 30.5 Å². The van der Waals surface area contributed by atoms with E-state index in [9.17, 15) is 9.59 Å². The molecule has 1 unspecified atom stereocenters. The second-order valence-electron chi connectivity index (χ2n) is 6.23. The molecule has 0 saturated carbocycles. The Morgan fingerprint density at radius 1 is 1.29 bits per heavy atom. The first kappa shape index (κ1) is 18.5. The Hall–Kier alpha value is -1.85. The van der Waals surface area contributed by atoms with E-state index in [2.05, 4.69) is 12.2 Å². The van der Waals surface area contributed by atoms with Gasteiger partial charge in [-0.1, -0.05) is 24.3 Å². The van der Waals surface area contributed by atoms with Crippen molar-refractivity contribution in [3.05, 3.63) is 41.6 Å². The molecule has 5 nitrogen and oxygen atoms in total. The molecule has 3 rings (SSSR count). The molecular formula is C18H24ClN3O2. The number of fused-ring (bicyclic) bond motifs is 1. The molecule has 0 aliphatic carbocycles. The predicted molar refractivity (Wildman–Crippen MR) is 96.6 cm³/mol. The van der Waals surface area contributed by atoms with Gasteiger partial charge in [0.15, 0.2) is 0 Å². The van der Waals surface area contributed by atoms with Crippen LogP contribution in [0.5, 0.6) is 0 Å². The van der Waals surface area contributed by atoms with Gasteiger partial charge in [-0.05, 0) is 24.1 Å². The smallest absolute Gasteiger partial charge is 0.225 e. The van der Waals surface area contributed by atoms with E-state index in [1.54, 1.807) is 18.0 Å². The van der Waals surface area contributed by atoms with Crippen LogP contribution in [-0.2, 0) is 9.59 Å². The van der Waals surface area contributed by atoms with Crippen LogP contribution in [0.3, 0.4) is 0 Å². The fourth-order valence-electron chi connectivity index (χ4n) is 3.41. The number of rotatable bonds is 2. The Bertz CT molecular complexity index is 647. The summed E-state index contributed by atoms with van der Waals surface area (Å²) in [5.41, 5.74) is 2.12. The summed E-state index contributed by atoms with van der Waals surface area (Å²) in [6.07, 6.45) is 4.06. The summed E-state index contributed by atoms with van der Waals surface area (Å²) >= 11 is 0. The van der Waals surface area contributed by atoms with Gasteiger partial charge in [0.05, 0.1) is 12.5 Å². The van der Waals surface area contributed by atoms with E-state index in [0.29, 0.717) is 6.42 Å². The molecule has 1 N–H and O–H groups in total. The molecule has 1 fully saturated rings. The van der Waals surface area contributed by atoms with Crippen LogP contribution in [0.25, 0.3) is 6.08 Å². The summed E-state index contributed by atoms with van der Waals surface area (Å²) in [7, 11) is 0. The number of benzene rings is 1. The minimum absolute atomic E-state index is 0. The first-order valence-corrected chi connectivity index (χ1v) is 8.14. The number of halogens is 1. The van der Waals surface area contributed by atoms with Crippen molar-refractivity contribution in [2.75, 3.05) is 19.6 Å². The highest BCUT2D eigenvalue weighted by Crippen LogP contribution is 2.33. The molecule has 1 aromatic carbocycles. The second kappa shape index (κ2) is 7.81. The maximum absolute atomic E-state index is 12.8. The van der Waals surface area contributed by atoms with Gasteiger partial charge in [0.1, 0.15) is 0 Å². The van der Waals surface area contributed by atoms with Crippen molar-refractivity contribution >= 4 is 30.3 Å². The zero-order valence-corrected chi connectivity index (χ0v) is 14.9. The monoisotopic (exact) mass is 349 g/mol. The zero-order valence-electron chi connectivity index (χ0n) is 14.1. The standard InChI is InChI=1S/C18H23N3O2.ClH/c1-13-12-19-8-10-20(13)18(23)11-17-16-6-4-3-5-15(16)7-9-21(17)14(2)22;/h3-7,9,13,17,19H,8,10-12H2,1-2H3;1H/t13-,17?;/m0./s1. The molecule has 6 heteroatoms. The Morgan fingerprint density at radius 2 is 2.04 bits per heavy atom. The first-order chi connectivity index (χ1) is 11.1. The summed E-state index contributed by atoms with van der Waals surface area (Å²) in [5, 5.41) is 3.30. The minimum atomic E-state index is -0.219. The van der Waals surface area contributed by atoms with Crippen LogP contribution >= 0.6 is 12.4 Å². The van der Waals surface area contributed by atoms with Gasteiger partial charge in [-0.15, -0.1) is 12.4 Å². The molecule has 24 heavy (non-hydrogen) atoms. The maximum atomic E-state index is 12.8. The van der Waals surface area contributed by atoms with Crippen LogP contribution in [0.1, 0.15) is 37.4 Å². The highest BCUT2D eigenvalue weighted by Gasteiger charge is 2.31. The quantitative estimate of drug-likeness (QED) is 0.890. The molecule has 2 heterocycles. The Labute approximate surface area is 149 Å². The van der Waals surface area contributed by atoms with Crippen LogP contribution in [0, 0.1) is 0 Å². The fraction of sp³-hybridized carbons (Fsp3) is 0.444. The lowest BCUT2D eigenvalue weighted by molar-refractivity contribution is -0.136. The van der Waals surface area contributed by atoms with E-state index < -0.39 is 0 Å². The number of carbonyl (C=O) groups is 2. The van der Waals surface area contributed by atoms with Gasteiger partial charge in [-0.25, -0.2) is 0 Å². The highest BCUT2D eigenvalue weighted by molar-refractivity contribution is 5.85. The molecule has 2 aliphatic heterocycles. The normalized spacial score (nSPS) is 22.6. The van der Waals surface area contributed by atoms with Crippen LogP contribution < -0.4 is 5.32 Å². The molecule has 2 aliphatic rings. The van der Waals surface area contributed by atoms with Crippen molar-refractivity contribution in [3.63, 3.8) is 0 Å². The Balaban J connectivity index is 0.00000208. The number of nitrogens with one attached hydrogen (secondary N) is 1. The van der Waals surface area contributed by atoms with Gasteiger partial charge in [0.25, 0.3) is 0 Å². The van der Waals surface area contributed by atoms with Gasteiger partial charge in [0.2, 0.25) is 11.8 Å². The average molecular weight is 350 g/mol. The Kier molecular flexibility index (Phi) is 6.02. The lowest BCUT2D eigenvalue weighted by Crippen LogP contribution is -2.52. The second-order valence-corrected chi connectivity index (χ2v) is 6.23. The fourth-order valence-corrected chi connectivity index (χ4v) is 3.41. The van der Waals surface area contributed by atoms with Crippen LogP contribution in [0.2, 0.25) is 0 Å². The van der Waals surface area contributed by atoms with E-state index in [1.807, 2.05) is 35.2 Å². The van der Waals surface area contributed by atoms with E-state index >= 15 is 0 Å². The molecule has 2 amide bonds. The van der Waals surface area contributed by atoms with Crippen LogP contribution in [-0.4, -0.2) is 47.3 Å². The Morgan fingerprint density at radius 3 is 2.75 bits per heavy atom. The number of amides is 2. The van der Waals surface area contributed by atoms with Gasteiger partial charge >= 0.3 is 0 Å². The topological polar surface area (TPSA) is 52.7 Å². The first-order valence-electron chi connectivity index (χ1n) is 8.14. The molecule has 130 valence electrons. The summed E-state index contributed by atoms with van der Waals surface area (Å²) < 4.78 is 0. The molecule has 1 aromatic rings. The third-order valence-electron chi connectivity index (χ3n) is 4.66. The predicted octanol–water partition coefficient (Wildman–Crippen LogP) is 2.19. The molecule has 0 bridgehead atoms. The molecular weight excluding hydrogens is 326 g/mol. The number of carbonyl (C=O) groups excluding carboxylic acids is 2. The lowest BCUT2D eigenvalue weighted by atomic mass is 9.93. The van der Waals surface area contributed by atoms with Crippen molar-refractivity contribution in [1.82, 2.24) is 15.1 Å². The van der Waals surface area contributed by atoms with E-state index in [4.69, 9.17) is 0 Å². The van der Waals surface area contributed by atoms with E-state index in [1.165, 1.54) is 0 Å². The summed E-state index contributed by atoms with van der Waals surface area (Å²) in [6.45, 7) is 5.98. The SMILES string of the molecule is CC(=O)N1C=Cc2ccccc2C1CC(=O)N1CCNC[C@@H]1C.Cl.